The number of nitrogens with zero attached hydrogens (tertiary/aromatic N) is 2. The van der Waals surface area contributed by atoms with Crippen LogP contribution in [0.25, 0.3) is 0 Å². The minimum absolute atomic E-state index is 0.0129. The van der Waals surface area contributed by atoms with Crippen LogP contribution in [0.1, 0.15) is 30.0 Å². The molecule has 0 bridgehead atoms. The first-order chi connectivity index (χ1) is 14.7. The zero-order valence-corrected chi connectivity index (χ0v) is 19.0. The lowest BCUT2D eigenvalue weighted by Crippen LogP contribution is -2.38. The van der Waals surface area contributed by atoms with Gasteiger partial charge in [0.25, 0.3) is 5.91 Å². The summed E-state index contributed by atoms with van der Waals surface area (Å²) in [5, 5.41) is 0.407. The van der Waals surface area contributed by atoms with Gasteiger partial charge in [0.05, 0.1) is 10.9 Å². The number of hydrogen-bond acceptors (Lipinski definition) is 5. The Morgan fingerprint density at radius 2 is 1.77 bits per heavy atom. The molecule has 0 saturated heterocycles. The predicted molar refractivity (Wildman–Crippen MR) is 117 cm³/mol. The Balaban J connectivity index is 1.56. The summed E-state index contributed by atoms with van der Waals surface area (Å²) in [7, 11) is -0.907. The number of rotatable bonds is 7. The van der Waals surface area contributed by atoms with Crippen molar-refractivity contribution in [1.82, 2.24) is 9.21 Å². The number of carbonyl (C=O) groups excluding carboxylic acids is 2. The molecule has 0 radical (unpaired) electrons. The number of amides is 1. The van der Waals surface area contributed by atoms with Crippen LogP contribution in [-0.2, 0) is 30.8 Å². The summed E-state index contributed by atoms with van der Waals surface area (Å²) in [6, 6.07) is 13.6. The van der Waals surface area contributed by atoms with E-state index in [0.29, 0.717) is 5.02 Å². The number of likely N-dealkylation sites (N-methyl/N-ethyl adjacent to an activating group) is 2. The lowest BCUT2D eigenvalue weighted by atomic mass is 9.87. The molecule has 0 spiro atoms. The highest BCUT2D eigenvalue weighted by Gasteiger charge is 2.28. The maximum Gasteiger partial charge on any atom is 0.321 e. The third-order valence-corrected chi connectivity index (χ3v) is 7.50. The number of sulfonamides is 1. The number of halogens is 1. The highest BCUT2D eigenvalue weighted by Crippen LogP contribution is 2.33. The van der Waals surface area contributed by atoms with Crippen molar-refractivity contribution in [3.63, 3.8) is 0 Å². The Kier molecular flexibility index (Phi) is 7.35. The molecule has 2 aromatic rings. The van der Waals surface area contributed by atoms with Gasteiger partial charge >= 0.3 is 5.97 Å². The molecule has 0 fully saturated rings. The van der Waals surface area contributed by atoms with Gasteiger partial charge in [0.2, 0.25) is 10.0 Å². The van der Waals surface area contributed by atoms with Crippen molar-refractivity contribution in [3.8, 4) is 0 Å². The molecule has 7 nitrogen and oxygen atoms in total. The van der Waals surface area contributed by atoms with E-state index in [1.54, 1.807) is 11.9 Å². The monoisotopic (exact) mass is 464 g/mol. The summed E-state index contributed by atoms with van der Waals surface area (Å²) in [6.45, 7) is -0.947. The largest absolute Gasteiger partial charge is 0.455 e. The molecule has 166 valence electrons. The second kappa shape index (κ2) is 9.80. The van der Waals surface area contributed by atoms with Crippen molar-refractivity contribution in [2.75, 3.05) is 27.2 Å². The first-order valence-electron chi connectivity index (χ1n) is 9.91. The van der Waals surface area contributed by atoms with Crippen molar-refractivity contribution >= 4 is 33.5 Å². The molecule has 9 heteroatoms. The molecule has 1 amide bonds. The topological polar surface area (TPSA) is 84.0 Å². The minimum atomic E-state index is -3.88. The van der Waals surface area contributed by atoms with Gasteiger partial charge in [-0.15, -0.1) is 0 Å². The van der Waals surface area contributed by atoms with E-state index >= 15 is 0 Å². The van der Waals surface area contributed by atoms with Crippen LogP contribution in [0.3, 0.4) is 0 Å². The second-order valence-electron chi connectivity index (χ2n) is 7.49. The Bertz CT molecular complexity index is 1060. The van der Waals surface area contributed by atoms with Crippen molar-refractivity contribution in [2.45, 2.75) is 30.2 Å². The number of esters is 1. The number of carbonyl (C=O) groups is 2. The zero-order valence-electron chi connectivity index (χ0n) is 17.5. The van der Waals surface area contributed by atoms with Crippen LogP contribution < -0.4 is 0 Å². The fourth-order valence-corrected chi connectivity index (χ4v) is 4.89. The van der Waals surface area contributed by atoms with Crippen molar-refractivity contribution in [1.29, 1.82) is 0 Å². The van der Waals surface area contributed by atoms with E-state index in [1.165, 1.54) is 36.9 Å². The molecule has 0 N–H and O–H groups in total. The van der Waals surface area contributed by atoms with Gasteiger partial charge in [-0.2, -0.15) is 4.31 Å². The second-order valence-corrected chi connectivity index (χ2v) is 9.97. The third-order valence-electron chi connectivity index (χ3n) is 5.43. The molecular weight excluding hydrogens is 440 g/mol. The molecule has 0 heterocycles. The lowest BCUT2D eigenvalue weighted by molar-refractivity contribution is -0.152. The SMILES string of the molecule is CN(C(=O)COC(=O)CN(C)S(=O)(=O)c1ccc(Cl)cc1)C1CCCc2ccccc21. The Hall–Kier alpha value is -2.42. The van der Waals surface area contributed by atoms with Crippen LogP contribution in [-0.4, -0.2) is 56.7 Å². The van der Waals surface area contributed by atoms with Gasteiger partial charge in [0.15, 0.2) is 6.61 Å². The summed E-state index contributed by atoms with van der Waals surface area (Å²) < 4.78 is 31.0. The Morgan fingerprint density at radius 1 is 1.10 bits per heavy atom. The van der Waals surface area contributed by atoms with E-state index in [1.807, 2.05) is 18.2 Å². The van der Waals surface area contributed by atoms with Crippen LogP contribution in [0.15, 0.2) is 53.4 Å². The van der Waals surface area contributed by atoms with Crippen LogP contribution >= 0.6 is 11.6 Å². The first kappa shape index (κ1) is 23.2. The van der Waals surface area contributed by atoms with Gasteiger partial charge in [-0.25, -0.2) is 8.42 Å². The Morgan fingerprint density at radius 3 is 2.48 bits per heavy atom. The summed E-state index contributed by atoms with van der Waals surface area (Å²) in [6.07, 6.45) is 2.81. The standard InChI is InChI=1S/C22H25ClN2O5S/c1-24(31(28,29)18-12-10-17(23)11-13-18)14-22(27)30-15-21(26)25(2)20-9-5-7-16-6-3-4-8-19(16)20/h3-4,6,8,10-13,20H,5,7,9,14-15H2,1-2H3. The van der Waals surface area contributed by atoms with E-state index in [2.05, 4.69) is 6.07 Å². The summed E-state index contributed by atoms with van der Waals surface area (Å²) in [5.41, 5.74) is 2.34. The number of benzene rings is 2. The molecule has 2 aromatic carbocycles. The summed E-state index contributed by atoms with van der Waals surface area (Å²) in [5.74, 6) is -1.14. The third kappa shape index (κ3) is 5.44. The van der Waals surface area contributed by atoms with Gasteiger partial charge in [0, 0.05) is 19.1 Å². The van der Waals surface area contributed by atoms with Gasteiger partial charge in [-0.05, 0) is 54.7 Å². The smallest absolute Gasteiger partial charge is 0.321 e. The quantitative estimate of drug-likeness (QED) is 0.588. The fraction of sp³-hybridized carbons (Fsp3) is 0.364. The molecule has 3 rings (SSSR count). The predicted octanol–water partition coefficient (Wildman–Crippen LogP) is 3.04. The van der Waals surface area contributed by atoms with E-state index in [9.17, 15) is 18.0 Å². The maximum absolute atomic E-state index is 12.6. The van der Waals surface area contributed by atoms with Crippen LogP contribution in [0, 0.1) is 0 Å². The zero-order chi connectivity index (χ0) is 22.6. The molecule has 0 saturated carbocycles. The van der Waals surface area contributed by atoms with E-state index < -0.39 is 29.1 Å². The van der Waals surface area contributed by atoms with Gasteiger partial charge in [-0.1, -0.05) is 35.9 Å². The Labute approximate surface area is 187 Å². The molecule has 1 aliphatic rings. The first-order valence-corrected chi connectivity index (χ1v) is 11.7. The van der Waals surface area contributed by atoms with Crippen LogP contribution in [0.4, 0.5) is 0 Å². The summed E-state index contributed by atoms with van der Waals surface area (Å²) >= 11 is 5.79. The van der Waals surface area contributed by atoms with E-state index in [0.717, 1.165) is 29.1 Å². The van der Waals surface area contributed by atoms with Gasteiger partial charge in [-0.3, -0.25) is 9.59 Å². The lowest BCUT2D eigenvalue weighted by Gasteiger charge is -2.33. The van der Waals surface area contributed by atoms with Crippen molar-refractivity contribution in [2.24, 2.45) is 0 Å². The average molecular weight is 465 g/mol. The van der Waals surface area contributed by atoms with Crippen molar-refractivity contribution in [3.05, 3.63) is 64.7 Å². The molecular formula is C22H25ClN2O5S. The van der Waals surface area contributed by atoms with Gasteiger partial charge in [0.1, 0.15) is 6.54 Å². The molecule has 0 aromatic heterocycles. The molecule has 31 heavy (non-hydrogen) atoms. The number of aryl methyl sites for hydroxylation is 1. The van der Waals surface area contributed by atoms with E-state index in [-0.39, 0.29) is 16.8 Å². The minimum Gasteiger partial charge on any atom is -0.455 e. The average Bonchev–Trinajstić information content (AvgIpc) is 2.76. The molecule has 1 aliphatic carbocycles. The van der Waals surface area contributed by atoms with Crippen LogP contribution in [0.2, 0.25) is 5.02 Å². The van der Waals surface area contributed by atoms with Crippen LogP contribution in [0.5, 0.6) is 0 Å². The molecule has 1 unspecified atom stereocenters. The fourth-order valence-electron chi connectivity index (χ4n) is 3.65. The number of ether oxygens (including phenoxy) is 1. The van der Waals surface area contributed by atoms with Gasteiger partial charge < -0.3 is 9.64 Å². The van der Waals surface area contributed by atoms with Crippen molar-refractivity contribution < 1.29 is 22.7 Å². The number of hydrogen-bond donors (Lipinski definition) is 0. The molecule has 1 atom stereocenters. The normalized spacial score (nSPS) is 15.9. The maximum atomic E-state index is 12.6. The molecule has 0 aliphatic heterocycles. The summed E-state index contributed by atoms with van der Waals surface area (Å²) in [4.78, 5) is 26.4. The number of fused-ring (bicyclic) bond motifs is 1. The highest BCUT2D eigenvalue weighted by atomic mass is 35.5. The van der Waals surface area contributed by atoms with E-state index in [4.69, 9.17) is 16.3 Å². The highest BCUT2D eigenvalue weighted by molar-refractivity contribution is 7.89.